The Balaban J connectivity index is 1.46. The van der Waals surface area contributed by atoms with Gasteiger partial charge in [-0.3, -0.25) is 4.79 Å². The van der Waals surface area contributed by atoms with Gasteiger partial charge in [0, 0.05) is 52.4 Å². The third-order valence-electron chi connectivity index (χ3n) is 6.54. The molecule has 1 aromatic rings. The predicted octanol–water partition coefficient (Wildman–Crippen LogP) is 2.29. The Labute approximate surface area is 201 Å². The molecule has 2 heterocycles. The van der Waals surface area contributed by atoms with Crippen molar-refractivity contribution in [2.75, 3.05) is 65.8 Å². The number of amides is 3. The highest BCUT2D eigenvalue weighted by Crippen LogP contribution is 2.29. The first-order chi connectivity index (χ1) is 15.9. The average molecular weight is 482 g/mol. The third kappa shape index (κ3) is 6.22. The van der Waals surface area contributed by atoms with Crippen molar-refractivity contribution in [1.82, 2.24) is 20.0 Å². The van der Waals surface area contributed by atoms with E-state index in [1.54, 1.807) is 13.2 Å². The van der Waals surface area contributed by atoms with Crippen molar-refractivity contribution in [2.45, 2.75) is 38.3 Å². The van der Waals surface area contributed by atoms with Crippen LogP contribution in [0.2, 0.25) is 5.02 Å². The summed E-state index contributed by atoms with van der Waals surface area (Å²) >= 11 is 6.11. The number of likely N-dealkylation sites (tertiary alicyclic amines) is 1. The second-order valence-corrected chi connectivity index (χ2v) is 8.98. The standard InChI is InChI=1S/C23H36ClN5O4/c1-4-28-11-12-29(23(28)31)9-6-5-8-27-10-7-19(21(15-27)33-3)26-22(30)16-13-17(24)18(25)14-20(16)32-2/h13-14,19,21H,4-12,15,25H2,1-3H3,(H,26,30)/t19-,21+/m0/s1. The maximum absolute atomic E-state index is 12.9. The fraction of sp³-hybridized carbons (Fsp3) is 0.652. The number of nitrogens with one attached hydrogen (secondary N) is 1. The highest BCUT2D eigenvalue weighted by atomic mass is 35.5. The molecule has 3 amide bonds. The van der Waals surface area contributed by atoms with Gasteiger partial charge >= 0.3 is 6.03 Å². The molecular formula is C23H36ClN5O4. The van der Waals surface area contributed by atoms with Crippen LogP contribution in [0.15, 0.2) is 12.1 Å². The molecule has 2 aliphatic rings. The zero-order valence-electron chi connectivity index (χ0n) is 19.8. The van der Waals surface area contributed by atoms with Crippen LogP contribution in [0.1, 0.15) is 36.5 Å². The number of nitrogen functional groups attached to an aromatic ring is 1. The number of rotatable bonds is 10. The molecule has 3 rings (SSSR count). The molecule has 184 valence electrons. The molecule has 0 bridgehead atoms. The summed E-state index contributed by atoms with van der Waals surface area (Å²) in [6, 6.07) is 3.14. The first kappa shape index (κ1) is 25.4. The zero-order valence-corrected chi connectivity index (χ0v) is 20.6. The molecule has 0 unspecified atom stereocenters. The fourth-order valence-corrected chi connectivity index (χ4v) is 4.68. The number of carbonyl (C=O) groups excluding carboxylic acids is 2. The van der Waals surface area contributed by atoms with E-state index in [4.69, 9.17) is 26.8 Å². The molecule has 33 heavy (non-hydrogen) atoms. The number of likely N-dealkylation sites (N-methyl/N-ethyl adjacent to an activating group) is 1. The number of anilines is 1. The van der Waals surface area contributed by atoms with Gasteiger partial charge in [-0.2, -0.15) is 0 Å². The minimum absolute atomic E-state index is 0.109. The summed E-state index contributed by atoms with van der Waals surface area (Å²) in [7, 11) is 3.17. The van der Waals surface area contributed by atoms with Crippen LogP contribution in [-0.2, 0) is 4.74 Å². The molecule has 2 fully saturated rings. The first-order valence-corrected chi connectivity index (χ1v) is 12.0. The number of ether oxygens (including phenoxy) is 2. The summed E-state index contributed by atoms with van der Waals surface area (Å²) in [4.78, 5) is 31.3. The summed E-state index contributed by atoms with van der Waals surface area (Å²) in [6.07, 6.45) is 2.67. The van der Waals surface area contributed by atoms with Gasteiger partial charge in [0.2, 0.25) is 0 Å². The van der Waals surface area contributed by atoms with Gasteiger partial charge < -0.3 is 35.2 Å². The van der Waals surface area contributed by atoms with Gasteiger partial charge in [-0.25, -0.2) is 4.79 Å². The first-order valence-electron chi connectivity index (χ1n) is 11.6. The molecule has 0 aromatic heterocycles. The predicted molar refractivity (Wildman–Crippen MR) is 129 cm³/mol. The van der Waals surface area contributed by atoms with Crippen LogP contribution < -0.4 is 15.8 Å². The lowest BCUT2D eigenvalue weighted by Crippen LogP contribution is -2.55. The van der Waals surface area contributed by atoms with E-state index >= 15 is 0 Å². The minimum atomic E-state index is -0.259. The molecule has 2 atom stereocenters. The number of hydrogen-bond acceptors (Lipinski definition) is 6. The minimum Gasteiger partial charge on any atom is -0.496 e. The van der Waals surface area contributed by atoms with Gasteiger partial charge in [0.25, 0.3) is 5.91 Å². The van der Waals surface area contributed by atoms with Gasteiger partial charge in [0.1, 0.15) is 5.75 Å². The van der Waals surface area contributed by atoms with Gasteiger partial charge in [-0.15, -0.1) is 0 Å². The maximum Gasteiger partial charge on any atom is 0.320 e. The Bertz CT molecular complexity index is 839. The fourth-order valence-electron chi connectivity index (χ4n) is 4.52. The van der Waals surface area contributed by atoms with Gasteiger partial charge in [-0.1, -0.05) is 11.6 Å². The quantitative estimate of drug-likeness (QED) is 0.393. The number of halogens is 1. The number of nitrogens with zero attached hydrogens (tertiary/aromatic N) is 3. The topological polar surface area (TPSA) is 100 Å². The number of unbranched alkanes of at least 4 members (excludes halogenated alkanes) is 1. The van der Waals surface area contributed by atoms with Crippen molar-refractivity contribution in [2.24, 2.45) is 0 Å². The normalized spacial score (nSPS) is 21.5. The van der Waals surface area contributed by atoms with E-state index in [0.29, 0.717) is 22.0 Å². The van der Waals surface area contributed by atoms with Crippen molar-refractivity contribution < 1.29 is 19.1 Å². The molecule has 2 aliphatic heterocycles. The smallest absolute Gasteiger partial charge is 0.320 e. The third-order valence-corrected chi connectivity index (χ3v) is 6.87. The second kappa shape index (κ2) is 11.8. The molecule has 3 N–H and O–H groups in total. The van der Waals surface area contributed by atoms with E-state index in [1.807, 2.05) is 16.7 Å². The lowest BCUT2D eigenvalue weighted by molar-refractivity contribution is 0.00591. The van der Waals surface area contributed by atoms with Crippen molar-refractivity contribution in [3.05, 3.63) is 22.7 Å². The lowest BCUT2D eigenvalue weighted by Gasteiger charge is -2.38. The van der Waals surface area contributed by atoms with Crippen molar-refractivity contribution in [1.29, 1.82) is 0 Å². The largest absolute Gasteiger partial charge is 0.496 e. The van der Waals surface area contributed by atoms with Crippen LogP contribution in [0.25, 0.3) is 0 Å². The van der Waals surface area contributed by atoms with Crippen LogP contribution in [0.4, 0.5) is 10.5 Å². The SMILES string of the molecule is CCN1CCN(CCCCN2CC[C@H](NC(=O)c3cc(Cl)c(N)cc3OC)[C@H](OC)C2)C1=O. The molecule has 10 heteroatoms. The van der Waals surface area contributed by atoms with Gasteiger partial charge in [-0.05, 0) is 38.8 Å². The average Bonchev–Trinajstić information content (AvgIpc) is 3.18. The summed E-state index contributed by atoms with van der Waals surface area (Å²) in [5.74, 6) is 0.130. The van der Waals surface area contributed by atoms with Crippen LogP contribution in [0.5, 0.6) is 5.75 Å². The van der Waals surface area contributed by atoms with Crippen molar-refractivity contribution in [3.8, 4) is 5.75 Å². The van der Waals surface area contributed by atoms with E-state index in [1.165, 1.54) is 13.2 Å². The summed E-state index contributed by atoms with van der Waals surface area (Å²) < 4.78 is 11.0. The number of methoxy groups -OCH3 is 2. The summed E-state index contributed by atoms with van der Waals surface area (Å²) in [5, 5.41) is 3.39. The van der Waals surface area contributed by atoms with Crippen LogP contribution in [0.3, 0.4) is 0 Å². The molecule has 0 saturated carbocycles. The van der Waals surface area contributed by atoms with Crippen LogP contribution in [0, 0.1) is 0 Å². The second-order valence-electron chi connectivity index (χ2n) is 8.57. The monoisotopic (exact) mass is 481 g/mol. The molecular weight excluding hydrogens is 446 g/mol. The van der Waals surface area contributed by atoms with Crippen molar-refractivity contribution >= 4 is 29.2 Å². The number of urea groups is 1. The van der Waals surface area contributed by atoms with Crippen LogP contribution >= 0.6 is 11.6 Å². The van der Waals surface area contributed by atoms with Crippen LogP contribution in [-0.4, -0.2) is 98.8 Å². The Hall–Kier alpha value is -2.23. The Morgan fingerprint density at radius 3 is 2.58 bits per heavy atom. The molecule has 0 aliphatic carbocycles. The molecule has 1 aromatic carbocycles. The Morgan fingerprint density at radius 2 is 1.91 bits per heavy atom. The maximum atomic E-state index is 12.9. The summed E-state index contributed by atoms with van der Waals surface area (Å²) in [6.45, 7) is 7.82. The van der Waals surface area contributed by atoms with E-state index in [2.05, 4.69) is 10.2 Å². The Morgan fingerprint density at radius 1 is 1.18 bits per heavy atom. The van der Waals surface area contributed by atoms with E-state index < -0.39 is 0 Å². The molecule has 0 spiro atoms. The van der Waals surface area contributed by atoms with E-state index in [0.717, 1.165) is 65.1 Å². The van der Waals surface area contributed by atoms with Gasteiger partial charge in [0.15, 0.2) is 0 Å². The number of nitrogens with two attached hydrogens (primary N) is 1. The zero-order chi connectivity index (χ0) is 24.0. The van der Waals surface area contributed by atoms with Gasteiger partial charge in [0.05, 0.1) is 35.5 Å². The Kier molecular flexibility index (Phi) is 9.05. The molecule has 9 nitrogen and oxygen atoms in total. The van der Waals surface area contributed by atoms with E-state index in [9.17, 15) is 9.59 Å². The number of hydrogen-bond donors (Lipinski definition) is 2. The number of piperidine rings is 1. The van der Waals surface area contributed by atoms with Crippen molar-refractivity contribution in [3.63, 3.8) is 0 Å². The number of benzene rings is 1. The highest BCUT2D eigenvalue weighted by Gasteiger charge is 2.31. The summed E-state index contributed by atoms with van der Waals surface area (Å²) in [5.41, 5.74) is 6.54. The lowest BCUT2D eigenvalue weighted by atomic mass is 10.0. The molecule has 0 radical (unpaired) electrons. The highest BCUT2D eigenvalue weighted by molar-refractivity contribution is 6.33. The van der Waals surface area contributed by atoms with E-state index in [-0.39, 0.29) is 24.1 Å². The molecule has 2 saturated heterocycles. The number of carbonyl (C=O) groups is 2.